The molecule has 0 fully saturated rings. The maximum Gasteiger partial charge on any atom is 0.330 e. The van der Waals surface area contributed by atoms with Crippen LogP contribution in [-0.4, -0.2) is 35.5 Å². The third-order valence-corrected chi connectivity index (χ3v) is 5.91. The molecule has 0 aliphatic carbocycles. The molecule has 1 aromatic heterocycles. The number of nitrogens with one attached hydrogen (secondary N) is 1. The SMILES string of the molecule is C=O.C=O.O=C(NC(C(=O)O)c1ccc(F)c(F)c1)c1ccc(CN(Cc2ccccn2)c2ccc(Cl)cc2)cc1. The van der Waals surface area contributed by atoms with Gasteiger partial charge in [-0.25, -0.2) is 13.6 Å². The number of halogens is 3. The number of anilines is 1. The minimum Gasteiger partial charge on any atom is -0.479 e. The van der Waals surface area contributed by atoms with Gasteiger partial charge in [-0.1, -0.05) is 35.9 Å². The fraction of sp³-hybridized carbons (Fsp3) is 0.100. The van der Waals surface area contributed by atoms with Crippen LogP contribution >= 0.6 is 11.6 Å². The molecule has 4 rings (SSSR count). The van der Waals surface area contributed by atoms with Crippen molar-refractivity contribution in [1.82, 2.24) is 10.3 Å². The highest BCUT2D eigenvalue weighted by Crippen LogP contribution is 2.23. The van der Waals surface area contributed by atoms with Crippen LogP contribution in [-0.2, 0) is 27.5 Å². The highest BCUT2D eigenvalue weighted by molar-refractivity contribution is 6.30. The van der Waals surface area contributed by atoms with E-state index in [1.165, 1.54) is 0 Å². The summed E-state index contributed by atoms with van der Waals surface area (Å²) in [5, 5.41) is 12.5. The monoisotopic (exact) mass is 581 g/mol. The van der Waals surface area contributed by atoms with Crippen molar-refractivity contribution in [2.45, 2.75) is 19.1 Å². The summed E-state index contributed by atoms with van der Waals surface area (Å²) in [6.07, 6.45) is 1.73. The molecule has 0 aliphatic heterocycles. The molecule has 1 amide bonds. The van der Waals surface area contributed by atoms with Gasteiger partial charge in [-0.15, -0.1) is 0 Å². The van der Waals surface area contributed by atoms with E-state index < -0.39 is 29.6 Å². The van der Waals surface area contributed by atoms with Gasteiger partial charge >= 0.3 is 5.97 Å². The molecule has 4 aromatic rings. The average Bonchev–Trinajstić information content (AvgIpc) is 3.00. The van der Waals surface area contributed by atoms with Crippen molar-refractivity contribution in [3.8, 4) is 0 Å². The van der Waals surface area contributed by atoms with E-state index in [9.17, 15) is 23.5 Å². The molecule has 0 aliphatic rings. The third kappa shape index (κ3) is 9.33. The second-order valence-electron chi connectivity index (χ2n) is 8.27. The van der Waals surface area contributed by atoms with Gasteiger partial charge in [0.15, 0.2) is 17.7 Å². The van der Waals surface area contributed by atoms with Crippen molar-refractivity contribution in [3.63, 3.8) is 0 Å². The molecule has 1 heterocycles. The average molecular weight is 582 g/mol. The van der Waals surface area contributed by atoms with Crippen molar-refractivity contribution >= 4 is 42.7 Å². The van der Waals surface area contributed by atoms with Crippen LogP contribution in [0.2, 0.25) is 5.02 Å². The summed E-state index contributed by atoms with van der Waals surface area (Å²) in [7, 11) is 0. The number of carbonyl (C=O) groups is 4. The molecule has 11 heteroatoms. The lowest BCUT2D eigenvalue weighted by molar-refractivity contribution is -0.139. The number of pyridine rings is 1. The second kappa shape index (κ2) is 16.2. The molecular weight excluding hydrogens is 556 g/mol. The van der Waals surface area contributed by atoms with Gasteiger partial charge in [0, 0.05) is 29.0 Å². The summed E-state index contributed by atoms with van der Waals surface area (Å²) in [5.41, 5.74) is 2.86. The number of nitrogens with zero attached hydrogens (tertiary/aromatic N) is 2. The lowest BCUT2D eigenvalue weighted by Crippen LogP contribution is -2.33. The predicted molar refractivity (Wildman–Crippen MR) is 150 cm³/mol. The molecule has 8 nitrogen and oxygen atoms in total. The van der Waals surface area contributed by atoms with Crippen LogP contribution in [0.4, 0.5) is 14.5 Å². The molecule has 3 aromatic carbocycles. The minimum absolute atomic E-state index is 0.0792. The molecular formula is C30H26ClF2N3O5. The largest absolute Gasteiger partial charge is 0.479 e. The fourth-order valence-corrected chi connectivity index (χ4v) is 3.88. The van der Waals surface area contributed by atoms with Gasteiger partial charge in [0.2, 0.25) is 0 Å². The zero-order chi connectivity index (χ0) is 30.4. The fourth-order valence-electron chi connectivity index (χ4n) is 3.75. The molecule has 1 unspecified atom stereocenters. The van der Waals surface area contributed by atoms with E-state index in [1.807, 2.05) is 56.0 Å². The number of aliphatic carboxylic acids is 1. The normalized spacial score (nSPS) is 10.6. The minimum atomic E-state index is -1.54. The van der Waals surface area contributed by atoms with Crippen LogP contribution in [0.1, 0.15) is 33.2 Å². The standard InChI is InChI=1S/C28H22ClF2N3O3.2CH2O/c29-21-9-11-23(12-10-21)34(17-22-3-1-2-14-32-22)16-18-4-6-19(7-5-18)27(35)33-26(28(36)37)20-8-13-24(30)25(31)15-20;2*1-2/h1-15,26H,16-17H2,(H,33,35)(H,36,37);2*1H2. The van der Waals surface area contributed by atoms with Crippen molar-refractivity contribution in [3.05, 3.63) is 130 Å². The van der Waals surface area contributed by atoms with Gasteiger partial charge < -0.3 is 24.9 Å². The van der Waals surface area contributed by atoms with Crippen LogP contribution in [0.5, 0.6) is 0 Å². The molecule has 0 bridgehead atoms. The predicted octanol–water partition coefficient (Wildman–Crippen LogP) is 5.41. The van der Waals surface area contributed by atoms with Crippen molar-refractivity contribution in [2.24, 2.45) is 0 Å². The summed E-state index contributed by atoms with van der Waals surface area (Å²) in [5.74, 6) is -4.36. The smallest absolute Gasteiger partial charge is 0.330 e. The van der Waals surface area contributed by atoms with Crippen molar-refractivity contribution < 1.29 is 33.1 Å². The number of carboxylic acid groups (broad SMARTS) is 1. The van der Waals surface area contributed by atoms with Gasteiger partial charge in [0.05, 0.1) is 12.2 Å². The van der Waals surface area contributed by atoms with Crippen LogP contribution in [0.15, 0.2) is 91.1 Å². The Morgan fingerprint density at radius 1 is 0.878 bits per heavy atom. The van der Waals surface area contributed by atoms with Crippen LogP contribution in [0.25, 0.3) is 0 Å². The number of aromatic nitrogens is 1. The van der Waals surface area contributed by atoms with E-state index in [2.05, 4.69) is 15.2 Å². The summed E-state index contributed by atoms with van der Waals surface area (Å²) in [6.45, 7) is 5.05. The molecule has 0 radical (unpaired) electrons. The van der Waals surface area contributed by atoms with Crippen LogP contribution < -0.4 is 10.2 Å². The Hall–Kier alpha value is -4.96. The highest BCUT2D eigenvalue weighted by atomic mass is 35.5. The number of amides is 1. The lowest BCUT2D eigenvalue weighted by atomic mass is 10.1. The molecule has 2 N–H and O–H groups in total. The Balaban J connectivity index is 0.00000141. The van der Waals surface area contributed by atoms with Gasteiger partial charge in [0.25, 0.3) is 5.91 Å². The van der Waals surface area contributed by atoms with Gasteiger partial charge in [-0.05, 0) is 71.8 Å². The van der Waals surface area contributed by atoms with Crippen LogP contribution in [0.3, 0.4) is 0 Å². The highest BCUT2D eigenvalue weighted by Gasteiger charge is 2.24. The van der Waals surface area contributed by atoms with Gasteiger partial charge in [-0.3, -0.25) is 9.78 Å². The molecule has 1 atom stereocenters. The first kappa shape index (κ1) is 32.3. The Morgan fingerprint density at radius 3 is 2.10 bits per heavy atom. The Morgan fingerprint density at radius 2 is 1.54 bits per heavy atom. The van der Waals surface area contributed by atoms with E-state index in [4.69, 9.17) is 21.2 Å². The summed E-state index contributed by atoms with van der Waals surface area (Å²) < 4.78 is 26.8. The first-order valence-corrected chi connectivity index (χ1v) is 12.2. The zero-order valence-electron chi connectivity index (χ0n) is 21.7. The molecule has 212 valence electrons. The zero-order valence-corrected chi connectivity index (χ0v) is 22.4. The summed E-state index contributed by atoms with van der Waals surface area (Å²) >= 11 is 6.05. The molecule has 0 saturated heterocycles. The first-order chi connectivity index (χ1) is 19.8. The Bertz CT molecular complexity index is 1420. The Labute approximate surface area is 240 Å². The lowest BCUT2D eigenvalue weighted by Gasteiger charge is -2.25. The number of hydrogen-bond donors (Lipinski definition) is 2. The molecule has 0 spiro atoms. The third-order valence-electron chi connectivity index (χ3n) is 5.66. The first-order valence-electron chi connectivity index (χ1n) is 11.9. The van der Waals surface area contributed by atoms with Crippen molar-refractivity contribution in [2.75, 3.05) is 4.90 Å². The molecule has 0 saturated carbocycles. The van der Waals surface area contributed by atoms with Crippen LogP contribution in [0, 0.1) is 11.6 Å². The topological polar surface area (TPSA) is 117 Å². The van der Waals surface area contributed by atoms with E-state index in [0.29, 0.717) is 18.1 Å². The van der Waals surface area contributed by atoms with E-state index in [-0.39, 0.29) is 11.1 Å². The number of benzene rings is 3. The maximum atomic E-state index is 13.6. The quantitative estimate of drug-likeness (QED) is 0.272. The second-order valence-corrected chi connectivity index (χ2v) is 8.71. The maximum absolute atomic E-state index is 13.6. The number of carboxylic acids is 1. The van der Waals surface area contributed by atoms with E-state index in [0.717, 1.165) is 35.1 Å². The summed E-state index contributed by atoms with van der Waals surface area (Å²) in [4.78, 5) is 46.9. The molecule has 41 heavy (non-hydrogen) atoms. The Kier molecular flexibility index (Phi) is 12.8. The van der Waals surface area contributed by atoms with Gasteiger partial charge in [-0.2, -0.15) is 0 Å². The van der Waals surface area contributed by atoms with E-state index in [1.54, 1.807) is 30.5 Å². The number of hydrogen-bond acceptors (Lipinski definition) is 6. The van der Waals surface area contributed by atoms with E-state index >= 15 is 0 Å². The number of carbonyl (C=O) groups excluding carboxylic acids is 3. The van der Waals surface area contributed by atoms with Gasteiger partial charge in [0.1, 0.15) is 13.6 Å². The van der Waals surface area contributed by atoms with Crippen molar-refractivity contribution in [1.29, 1.82) is 0 Å². The number of rotatable bonds is 9. The summed E-state index contributed by atoms with van der Waals surface area (Å²) in [6, 6.07) is 21.0.